The Morgan fingerprint density at radius 3 is 2.76 bits per heavy atom. The van der Waals surface area contributed by atoms with Crippen LogP contribution in [-0.2, 0) is 14.3 Å². The Hall–Kier alpha value is -2.63. The van der Waals surface area contributed by atoms with E-state index in [9.17, 15) is 14.4 Å². The monoisotopic (exact) mass is 288 g/mol. The van der Waals surface area contributed by atoms with Crippen molar-refractivity contribution in [3.63, 3.8) is 0 Å². The van der Waals surface area contributed by atoms with Crippen molar-refractivity contribution in [3.05, 3.63) is 35.9 Å². The summed E-state index contributed by atoms with van der Waals surface area (Å²) in [5.41, 5.74) is 1.58. The Bertz CT molecular complexity index is 566. The summed E-state index contributed by atoms with van der Waals surface area (Å²) in [6.07, 6.45) is 3.01. The summed E-state index contributed by atoms with van der Waals surface area (Å²) < 4.78 is 5.19. The summed E-state index contributed by atoms with van der Waals surface area (Å²) in [7, 11) is 0. The number of rotatable bonds is 5. The molecule has 110 valence electrons. The normalized spacial score (nSPS) is 17.9. The molecular weight excluding hydrogens is 272 g/mol. The van der Waals surface area contributed by atoms with Gasteiger partial charge in [-0.25, -0.2) is 4.79 Å². The molecule has 6 nitrogen and oxygen atoms in total. The minimum Gasteiger partial charge on any atom is -0.442 e. The van der Waals surface area contributed by atoms with E-state index in [-0.39, 0.29) is 12.0 Å². The van der Waals surface area contributed by atoms with Crippen LogP contribution >= 0.6 is 0 Å². The first-order valence-electron chi connectivity index (χ1n) is 6.54. The number of carbonyl (C=O) groups is 3. The second-order valence-electron chi connectivity index (χ2n) is 4.64. The summed E-state index contributed by atoms with van der Waals surface area (Å²) in [5.74, 6) is -0.157. The molecule has 1 aliphatic heterocycles. The van der Waals surface area contributed by atoms with Gasteiger partial charge in [0.1, 0.15) is 12.4 Å². The van der Waals surface area contributed by atoms with Crippen LogP contribution in [0.4, 0.5) is 10.5 Å². The fourth-order valence-electron chi connectivity index (χ4n) is 2.01. The van der Waals surface area contributed by atoms with Crippen LogP contribution in [0.15, 0.2) is 30.3 Å². The predicted octanol–water partition coefficient (Wildman–Crippen LogP) is 1.36. The van der Waals surface area contributed by atoms with Crippen molar-refractivity contribution in [2.45, 2.75) is 13.0 Å². The van der Waals surface area contributed by atoms with Gasteiger partial charge in [-0.05, 0) is 23.8 Å². The highest BCUT2D eigenvalue weighted by Gasteiger charge is 2.32. The molecular formula is C15H16N2O4. The minimum atomic E-state index is -0.429. The van der Waals surface area contributed by atoms with Crippen LogP contribution in [0.25, 0.3) is 6.08 Å². The third-order valence-corrected chi connectivity index (χ3v) is 3.02. The number of aldehydes is 1. The van der Waals surface area contributed by atoms with Crippen LogP contribution < -0.4 is 10.2 Å². The molecule has 1 aromatic rings. The fourth-order valence-corrected chi connectivity index (χ4v) is 2.01. The first-order valence-corrected chi connectivity index (χ1v) is 6.54. The van der Waals surface area contributed by atoms with E-state index in [1.807, 2.05) is 12.1 Å². The molecule has 0 radical (unpaired) electrons. The van der Waals surface area contributed by atoms with Crippen molar-refractivity contribution in [2.75, 3.05) is 18.0 Å². The quantitative estimate of drug-likeness (QED) is 0.655. The van der Waals surface area contributed by atoms with E-state index >= 15 is 0 Å². The van der Waals surface area contributed by atoms with E-state index in [2.05, 4.69) is 5.32 Å². The van der Waals surface area contributed by atoms with Gasteiger partial charge in [0.15, 0.2) is 0 Å². The number of hydrogen-bond acceptors (Lipinski definition) is 4. The van der Waals surface area contributed by atoms with Crippen molar-refractivity contribution in [1.29, 1.82) is 0 Å². The first-order chi connectivity index (χ1) is 10.1. The molecule has 1 unspecified atom stereocenters. The third-order valence-electron chi connectivity index (χ3n) is 3.02. The van der Waals surface area contributed by atoms with Gasteiger partial charge >= 0.3 is 6.09 Å². The maximum atomic E-state index is 11.8. The Balaban J connectivity index is 2.01. The number of cyclic esters (lactones) is 1. The maximum Gasteiger partial charge on any atom is 0.414 e. The van der Waals surface area contributed by atoms with Crippen molar-refractivity contribution in [1.82, 2.24) is 5.32 Å². The number of anilines is 1. The zero-order valence-corrected chi connectivity index (χ0v) is 11.6. The Morgan fingerprint density at radius 2 is 2.14 bits per heavy atom. The van der Waals surface area contributed by atoms with E-state index in [1.54, 1.807) is 18.2 Å². The molecule has 6 heteroatoms. The Morgan fingerprint density at radius 1 is 1.43 bits per heavy atom. The van der Waals surface area contributed by atoms with Crippen LogP contribution in [0, 0.1) is 0 Å². The van der Waals surface area contributed by atoms with Gasteiger partial charge in [-0.15, -0.1) is 0 Å². The number of hydrogen-bond donors (Lipinski definition) is 1. The second-order valence-corrected chi connectivity index (χ2v) is 4.64. The third kappa shape index (κ3) is 3.92. The van der Waals surface area contributed by atoms with Crippen LogP contribution in [0.1, 0.15) is 12.5 Å². The lowest BCUT2D eigenvalue weighted by Gasteiger charge is -2.13. The standard InChI is InChI=1S/C15H16N2O4/c1-11(19)16-9-14-10-17(15(20)21-14)13-6-4-12(5-7-13)3-2-8-18/h2-8,14H,9-10H2,1H3,(H,16,19). The molecule has 0 saturated carbocycles. The van der Waals surface area contributed by atoms with Crippen LogP contribution in [0.5, 0.6) is 0 Å². The summed E-state index contributed by atoms with van der Waals surface area (Å²) in [4.78, 5) is 34.4. The number of carbonyl (C=O) groups excluding carboxylic acids is 3. The predicted molar refractivity (Wildman–Crippen MR) is 77.8 cm³/mol. The molecule has 1 saturated heterocycles. The molecule has 1 atom stereocenters. The van der Waals surface area contributed by atoms with Gasteiger partial charge in [-0.3, -0.25) is 14.5 Å². The maximum absolute atomic E-state index is 11.8. The van der Waals surface area contributed by atoms with E-state index < -0.39 is 6.09 Å². The molecule has 2 amide bonds. The Labute approximate surface area is 122 Å². The molecule has 1 heterocycles. The number of benzene rings is 1. The highest BCUT2D eigenvalue weighted by atomic mass is 16.6. The highest BCUT2D eigenvalue weighted by molar-refractivity contribution is 5.90. The summed E-state index contributed by atoms with van der Waals surface area (Å²) in [6.45, 7) is 2.11. The molecule has 0 spiro atoms. The lowest BCUT2D eigenvalue weighted by atomic mass is 10.2. The van der Waals surface area contributed by atoms with E-state index in [4.69, 9.17) is 4.74 Å². The summed E-state index contributed by atoms with van der Waals surface area (Å²) >= 11 is 0. The van der Waals surface area contributed by atoms with Crippen LogP contribution in [0.3, 0.4) is 0 Å². The molecule has 2 rings (SSSR count). The number of nitrogens with one attached hydrogen (secondary N) is 1. The van der Waals surface area contributed by atoms with Crippen LogP contribution in [0.2, 0.25) is 0 Å². The zero-order valence-electron chi connectivity index (χ0n) is 11.6. The van der Waals surface area contributed by atoms with Gasteiger partial charge in [0.2, 0.25) is 5.91 Å². The topological polar surface area (TPSA) is 75.7 Å². The molecule has 1 N–H and O–H groups in total. The molecule has 1 aliphatic rings. The average Bonchev–Trinajstić information content (AvgIpc) is 2.84. The van der Waals surface area contributed by atoms with Gasteiger partial charge in [0.25, 0.3) is 0 Å². The molecule has 0 bridgehead atoms. The van der Waals surface area contributed by atoms with Crippen molar-refractivity contribution in [2.24, 2.45) is 0 Å². The molecule has 21 heavy (non-hydrogen) atoms. The van der Waals surface area contributed by atoms with Gasteiger partial charge in [-0.1, -0.05) is 18.2 Å². The largest absolute Gasteiger partial charge is 0.442 e. The highest BCUT2D eigenvalue weighted by Crippen LogP contribution is 2.22. The number of amides is 2. The second kappa shape index (κ2) is 6.69. The van der Waals surface area contributed by atoms with E-state index in [1.165, 1.54) is 17.9 Å². The summed E-state index contributed by atoms with van der Waals surface area (Å²) in [5, 5.41) is 2.63. The SMILES string of the molecule is CC(=O)NCC1CN(c2ccc(C=CC=O)cc2)C(=O)O1. The van der Waals surface area contributed by atoms with Gasteiger partial charge < -0.3 is 10.1 Å². The number of ether oxygens (including phenoxy) is 1. The molecule has 1 aromatic carbocycles. The van der Waals surface area contributed by atoms with Crippen molar-refractivity contribution in [3.8, 4) is 0 Å². The lowest BCUT2D eigenvalue weighted by molar-refractivity contribution is -0.119. The fraction of sp³-hybridized carbons (Fsp3) is 0.267. The van der Waals surface area contributed by atoms with Gasteiger partial charge in [0.05, 0.1) is 13.1 Å². The smallest absolute Gasteiger partial charge is 0.414 e. The lowest BCUT2D eigenvalue weighted by Crippen LogP contribution is -2.33. The van der Waals surface area contributed by atoms with E-state index in [0.29, 0.717) is 25.1 Å². The number of nitrogens with zero attached hydrogens (tertiary/aromatic N) is 1. The summed E-state index contributed by atoms with van der Waals surface area (Å²) in [6, 6.07) is 7.19. The zero-order chi connectivity index (χ0) is 15.2. The van der Waals surface area contributed by atoms with Gasteiger partial charge in [0, 0.05) is 12.6 Å². The first kappa shape index (κ1) is 14.8. The molecule has 0 aliphatic carbocycles. The molecule has 0 aromatic heterocycles. The number of allylic oxidation sites excluding steroid dienone is 1. The average molecular weight is 288 g/mol. The van der Waals surface area contributed by atoms with Crippen molar-refractivity contribution >= 4 is 30.0 Å². The Kier molecular flexibility index (Phi) is 4.71. The van der Waals surface area contributed by atoms with E-state index in [0.717, 1.165) is 5.56 Å². The van der Waals surface area contributed by atoms with Gasteiger partial charge in [-0.2, -0.15) is 0 Å². The molecule has 1 fully saturated rings. The van der Waals surface area contributed by atoms with Crippen LogP contribution in [-0.4, -0.2) is 37.5 Å². The van der Waals surface area contributed by atoms with Crippen molar-refractivity contribution < 1.29 is 19.1 Å². The minimum absolute atomic E-state index is 0.157.